The van der Waals surface area contributed by atoms with Gasteiger partial charge in [-0.3, -0.25) is 28.8 Å². The van der Waals surface area contributed by atoms with Crippen molar-refractivity contribution in [2.45, 2.75) is 152 Å². The lowest BCUT2D eigenvalue weighted by Crippen LogP contribution is -2.46. The zero-order valence-electron chi connectivity index (χ0n) is 36.7. The van der Waals surface area contributed by atoms with E-state index in [-0.39, 0.29) is 146 Å². The maximum Gasteiger partial charge on any atom is 0.309 e. The van der Waals surface area contributed by atoms with E-state index >= 15 is 0 Å². The van der Waals surface area contributed by atoms with Crippen LogP contribution in [0.1, 0.15) is 104 Å². The second kappa shape index (κ2) is 21.8. The van der Waals surface area contributed by atoms with Crippen LogP contribution in [0.3, 0.4) is 0 Å². The molecule has 0 aromatic carbocycles. The van der Waals surface area contributed by atoms with Crippen LogP contribution in [0.4, 0.5) is 0 Å². The molecule has 0 aromatic rings. The molecule has 0 spiro atoms. The number of ether oxygens (including phenoxy) is 6. The Balaban J connectivity index is 1.62. The molecule has 4 N–H and O–H groups in total. The van der Waals surface area contributed by atoms with Crippen LogP contribution < -0.4 is 21.3 Å². The summed E-state index contributed by atoms with van der Waals surface area (Å²) in [5.41, 5.74) is 3.87. The average Bonchev–Trinajstić information content (AvgIpc) is 3.92. The Bertz CT molecular complexity index is 1530. The van der Waals surface area contributed by atoms with Crippen LogP contribution in [0, 0.1) is 23.7 Å². The van der Waals surface area contributed by atoms with E-state index in [1.807, 2.05) is 0 Å². The Labute approximate surface area is 354 Å². The Kier molecular flexibility index (Phi) is 17.1. The van der Waals surface area contributed by atoms with Gasteiger partial charge >= 0.3 is 35.8 Å². The Morgan fingerprint density at radius 3 is 1.05 bits per heavy atom. The summed E-state index contributed by atoms with van der Waals surface area (Å²) >= 11 is 0. The second-order valence-corrected chi connectivity index (χ2v) is 17.3. The number of hydrogen-bond donors (Lipinski definition) is 4. The van der Waals surface area contributed by atoms with Crippen molar-refractivity contribution in [1.82, 2.24) is 21.3 Å². The van der Waals surface area contributed by atoms with Crippen LogP contribution in [0.5, 0.6) is 0 Å². The topological polar surface area (TPSA) is 206 Å². The van der Waals surface area contributed by atoms with Crippen molar-refractivity contribution in [3.8, 4) is 0 Å². The lowest BCUT2D eigenvalue weighted by molar-refractivity contribution is -0.141. The van der Waals surface area contributed by atoms with E-state index in [4.69, 9.17) is 28.4 Å². The summed E-state index contributed by atoms with van der Waals surface area (Å²) in [6.07, 6.45) is 5.55. The molecule has 12 unspecified atom stereocenters. The summed E-state index contributed by atoms with van der Waals surface area (Å²) < 4.78 is 30.7. The van der Waals surface area contributed by atoms with Crippen LogP contribution >= 0.6 is 0 Å². The molecule has 3 saturated heterocycles. The van der Waals surface area contributed by atoms with E-state index in [1.54, 1.807) is 0 Å². The molecule has 5 aliphatic heterocycles. The molecule has 5 heterocycles. The molecule has 0 aromatic heterocycles. The van der Waals surface area contributed by atoms with Gasteiger partial charge in [0.1, 0.15) is 0 Å². The molecule has 0 amide bonds. The maximum atomic E-state index is 13.1. The van der Waals surface area contributed by atoms with Gasteiger partial charge in [0.25, 0.3) is 0 Å². The van der Waals surface area contributed by atoms with E-state index in [1.165, 1.54) is 42.7 Å². The van der Waals surface area contributed by atoms with Crippen molar-refractivity contribution in [1.29, 1.82) is 0 Å². The highest BCUT2D eigenvalue weighted by Crippen LogP contribution is 2.44. The highest BCUT2D eigenvalue weighted by molar-refractivity contribution is 5.75. The highest BCUT2D eigenvalue weighted by atomic mass is 16.5. The van der Waals surface area contributed by atoms with Gasteiger partial charge in [0, 0.05) is 74.0 Å². The normalized spacial score (nSPS) is 32.4. The number of carbonyl (C=O) groups is 6. The Morgan fingerprint density at radius 2 is 0.717 bits per heavy atom. The molecule has 5 rings (SSSR count). The molecule has 16 heteroatoms. The van der Waals surface area contributed by atoms with Gasteiger partial charge in [-0.15, -0.1) is 0 Å². The number of rotatable bonds is 16. The molecular weight excluding hydrogens is 776 g/mol. The number of esters is 6. The smallest absolute Gasteiger partial charge is 0.309 e. The van der Waals surface area contributed by atoms with Crippen molar-refractivity contribution in [3.63, 3.8) is 0 Å². The van der Waals surface area contributed by atoms with E-state index < -0.39 is 0 Å². The first-order chi connectivity index (χ1) is 28.7. The van der Waals surface area contributed by atoms with Crippen LogP contribution in [0.15, 0.2) is 22.3 Å². The number of hydrogen-bond acceptors (Lipinski definition) is 16. The maximum absolute atomic E-state index is 13.1. The van der Waals surface area contributed by atoms with Crippen LogP contribution in [-0.4, -0.2) is 127 Å². The van der Waals surface area contributed by atoms with Gasteiger partial charge in [-0.2, -0.15) is 0 Å². The summed E-state index contributed by atoms with van der Waals surface area (Å²) in [6.45, 7) is 4.42. The molecule has 0 aliphatic carbocycles. The number of methoxy groups -OCH3 is 6. The lowest BCUT2D eigenvalue weighted by Gasteiger charge is -2.28. The predicted molar refractivity (Wildman–Crippen MR) is 219 cm³/mol. The molecule has 12 atom stereocenters. The summed E-state index contributed by atoms with van der Waals surface area (Å²) in [4.78, 5) is 76.5. The van der Waals surface area contributed by atoms with Crippen LogP contribution in [0.25, 0.3) is 0 Å². The molecule has 3 fully saturated rings. The highest BCUT2D eigenvalue weighted by Gasteiger charge is 2.49. The monoisotopic (exact) mass is 844 g/mol. The minimum atomic E-state index is -0.363. The SMILES string of the molecule is COC(=O)CCC1=C(CC(=O)OC)C2CC3NC(CC4NC(CC5NC(CC1N2)C(C)C5CCC(=O)OC)C(CC(=O)OC)=C4CCC(=O)OC)C(C)C3CCC(=O)OC. The van der Waals surface area contributed by atoms with E-state index in [2.05, 4.69) is 35.1 Å². The Morgan fingerprint density at radius 1 is 0.417 bits per heavy atom. The zero-order valence-corrected chi connectivity index (χ0v) is 36.7. The summed E-state index contributed by atoms with van der Waals surface area (Å²) in [5.74, 6) is -1.57. The molecule has 0 saturated carbocycles. The number of nitrogens with one attached hydrogen (secondary N) is 4. The third kappa shape index (κ3) is 11.3. The quantitative estimate of drug-likeness (QED) is 0.100. The van der Waals surface area contributed by atoms with Gasteiger partial charge in [0.05, 0.1) is 55.5 Å². The van der Waals surface area contributed by atoms with Gasteiger partial charge in [-0.25, -0.2) is 0 Å². The van der Waals surface area contributed by atoms with Gasteiger partial charge in [-0.05, 0) is 86.2 Å². The number of fused-ring (bicyclic) bond motifs is 8. The minimum Gasteiger partial charge on any atom is -0.469 e. The lowest BCUT2D eigenvalue weighted by atomic mass is 9.79. The largest absolute Gasteiger partial charge is 0.469 e. The van der Waals surface area contributed by atoms with Gasteiger partial charge < -0.3 is 49.7 Å². The summed E-state index contributed by atoms with van der Waals surface area (Å²) in [5, 5.41) is 15.8. The van der Waals surface area contributed by atoms with E-state index in [0.29, 0.717) is 51.4 Å². The fourth-order valence-electron chi connectivity index (χ4n) is 11.1. The molecule has 336 valence electrons. The molecule has 5 aliphatic rings. The first-order valence-electron chi connectivity index (χ1n) is 21.6. The fraction of sp³-hybridized carbons (Fsp3) is 0.773. The van der Waals surface area contributed by atoms with Crippen LogP contribution in [0.2, 0.25) is 0 Å². The molecular formula is C44H68N4O12. The standard InChI is InChI=1S/C44H68N4O12/c1-23-25(9-13-39(49)55-3)33-21-37-30(18-44(54)60-8)28(12-16-42(52)58-6)36(48-37)20-32-24(2)26(10-14-40(50)56-4)34(46-32)22-38-29(17-43(53)59-7)27(11-15-41(51)57-5)35(47-38)19-31(23)45-33/h23-26,31-38,45-48H,9-22H2,1-8H3. The Hall–Kier alpha value is -3.86. The molecule has 0 radical (unpaired) electrons. The van der Waals surface area contributed by atoms with Crippen molar-refractivity contribution >= 4 is 35.8 Å². The first-order valence-corrected chi connectivity index (χ1v) is 21.6. The third-order valence-electron chi connectivity index (χ3n) is 14.4. The van der Waals surface area contributed by atoms with Crippen molar-refractivity contribution in [3.05, 3.63) is 22.3 Å². The molecule has 8 bridgehead atoms. The summed E-state index contributed by atoms with van der Waals surface area (Å²) in [6, 6.07) is -0.945. The summed E-state index contributed by atoms with van der Waals surface area (Å²) in [7, 11) is 8.30. The average molecular weight is 845 g/mol. The van der Waals surface area contributed by atoms with E-state index in [0.717, 1.165) is 22.3 Å². The van der Waals surface area contributed by atoms with Crippen LogP contribution in [-0.2, 0) is 57.2 Å². The van der Waals surface area contributed by atoms with E-state index in [9.17, 15) is 28.8 Å². The second-order valence-electron chi connectivity index (χ2n) is 17.3. The van der Waals surface area contributed by atoms with Gasteiger partial charge in [-0.1, -0.05) is 25.0 Å². The minimum absolute atomic E-state index is 0.0137. The van der Waals surface area contributed by atoms with Crippen molar-refractivity contribution < 1.29 is 57.2 Å². The first kappa shape index (κ1) is 47.2. The fourth-order valence-corrected chi connectivity index (χ4v) is 11.1. The van der Waals surface area contributed by atoms with Gasteiger partial charge in [0.2, 0.25) is 0 Å². The van der Waals surface area contributed by atoms with Crippen molar-refractivity contribution in [2.24, 2.45) is 23.7 Å². The van der Waals surface area contributed by atoms with Gasteiger partial charge in [0.15, 0.2) is 0 Å². The number of carbonyl (C=O) groups excluding carboxylic acids is 6. The molecule has 60 heavy (non-hydrogen) atoms. The van der Waals surface area contributed by atoms with Crippen molar-refractivity contribution in [2.75, 3.05) is 42.7 Å². The zero-order chi connectivity index (χ0) is 43.7. The predicted octanol–water partition coefficient (Wildman–Crippen LogP) is 2.96. The third-order valence-corrected chi connectivity index (χ3v) is 14.4. The molecule has 16 nitrogen and oxygen atoms in total.